The Labute approximate surface area is 149 Å². The number of unbranched alkanes of at least 4 members (excludes halogenated alkanes) is 1. The lowest BCUT2D eigenvalue weighted by Gasteiger charge is -2.20. The summed E-state index contributed by atoms with van der Waals surface area (Å²) >= 11 is 0. The molecule has 0 rings (SSSR count). The Balaban J connectivity index is 4.65. The number of carboxylic acid groups (broad SMARTS) is 2. The molecular formula is C14H25N5O7. The van der Waals surface area contributed by atoms with Gasteiger partial charge >= 0.3 is 11.9 Å². The van der Waals surface area contributed by atoms with Crippen molar-refractivity contribution < 1.29 is 34.2 Å². The molecule has 0 bridgehead atoms. The number of rotatable bonds is 13. The molecule has 26 heavy (non-hydrogen) atoms. The van der Waals surface area contributed by atoms with Gasteiger partial charge < -0.3 is 37.6 Å². The first-order chi connectivity index (χ1) is 12.2. The largest absolute Gasteiger partial charge is 0.481 e. The molecule has 2 unspecified atom stereocenters. The minimum atomic E-state index is -1.32. The zero-order valence-corrected chi connectivity index (χ0v) is 14.2. The Morgan fingerprint density at radius 3 is 2.08 bits per heavy atom. The van der Waals surface area contributed by atoms with Crippen LogP contribution < -0.4 is 27.4 Å². The lowest BCUT2D eigenvalue weighted by molar-refractivity contribution is -0.139. The average Bonchev–Trinajstić information content (AvgIpc) is 2.56. The summed E-state index contributed by atoms with van der Waals surface area (Å²) in [7, 11) is 0. The monoisotopic (exact) mass is 375 g/mol. The normalized spacial score (nSPS) is 12.5. The maximum Gasteiger partial charge on any atom is 0.322 e. The van der Waals surface area contributed by atoms with Crippen LogP contribution in [0.5, 0.6) is 0 Å². The quantitative estimate of drug-likeness (QED) is 0.160. The van der Waals surface area contributed by atoms with E-state index >= 15 is 0 Å². The van der Waals surface area contributed by atoms with Gasteiger partial charge in [0.2, 0.25) is 17.7 Å². The van der Waals surface area contributed by atoms with Crippen molar-refractivity contribution in [3.63, 3.8) is 0 Å². The Morgan fingerprint density at radius 1 is 0.885 bits per heavy atom. The number of carboxylic acids is 2. The highest BCUT2D eigenvalue weighted by Crippen LogP contribution is 2.02. The molecule has 0 aliphatic rings. The van der Waals surface area contributed by atoms with Crippen LogP contribution in [-0.2, 0) is 24.0 Å². The summed E-state index contributed by atoms with van der Waals surface area (Å²) in [4.78, 5) is 56.4. The van der Waals surface area contributed by atoms with Gasteiger partial charge in [0.1, 0.15) is 12.6 Å². The van der Waals surface area contributed by atoms with Crippen LogP contribution in [0.15, 0.2) is 0 Å². The lowest BCUT2D eigenvalue weighted by Crippen LogP contribution is -2.53. The highest BCUT2D eigenvalue weighted by Gasteiger charge is 2.25. The highest BCUT2D eigenvalue weighted by atomic mass is 16.4. The van der Waals surface area contributed by atoms with Gasteiger partial charge in [0.15, 0.2) is 0 Å². The first-order valence-electron chi connectivity index (χ1n) is 7.91. The van der Waals surface area contributed by atoms with Crippen molar-refractivity contribution in [2.45, 2.75) is 37.8 Å². The lowest BCUT2D eigenvalue weighted by atomic mass is 10.1. The van der Waals surface area contributed by atoms with E-state index < -0.39 is 61.3 Å². The smallest absolute Gasteiger partial charge is 0.322 e. The topological polar surface area (TPSA) is 214 Å². The molecule has 0 aromatic carbocycles. The van der Waals surface area contributed by atoms with Crippen molar-refractivity contribution in [3.8, 4) is 0 Å². The average molecular weight is 375 g/mol. The molecule has 0 fully saturated rings. The fourth-order valence-electron chi connectivity index (χ4n) is 1.85. The second kappa shape index (κ2) is 12.6. The summed E-state index contributed by atoms with van der Waals surface area (Å²) in [6, 6.07) is -2.35. The first kappa shape index (κ1) is 23.3. The Kier molecular flexibility index (Phi) is 11.3. The molecule has 0 heterocycles. The summed E-state index contributed by atoms with van der Waals surface area (Å²) in [5.41, 5.74) is 10.8. The molecule has 0 radical (unpaired) electrons. The van der Waals surface area contributed by atoms with Gasteiger partial charge in [-0.25, -0.2) is 0 Å². The van der Waals surface area contributed by atoms with E-state index in [2.05, 4.69) is 16.0 Å². The number of nitrogens with one attached hydrogen (secondary N) is 3. The van der Waals surface area contributed by atoms with Gasteiger partial charge in [-0.15, -0.1) is 0 Å². The Morgan fingerprint density at radius 2 is 1.54 bits per heavy atom. The number of carbonyl (C=O) groups is 5. The SMILES string of the molecule is NCCCCC(NC(=O)C(N)CC(=O)O)C(=O)NCC(=O)NCC(=O)O. The van der Waals surface area contributed by atoms with E-state index in [1.165, 1.54) is 0 Å². The van der Waals surface area contributed by atoms with Crippen LogP contribution in [0, 0.1) is 0 Å². The number of nitrogens with two attached hydrogens (primary N) is 2. The first-order valence-corrected chi connectivity index (χ1v) is 7.91. The zero-order valence-electron chi connectivity index (χ0n) is 14.2. The Bertz CT molecular complexity index is 526. The molecule has 12 heteroatoms. The molecule has 0 aliphatic carbocycles. The van der Waals surface area contributed by atoms with E-state index in [-0.39, 0.29) is 6.42 Å². The predicted molar refractivity (Wildman–Crippen MR) is 88.7 cm³/mol. The van der Waals surface area contributed by atoms with E-state index in [1.54, 1.807) is 0 Å². The van der Waals surface area contributed by atoms with Crippen molar-refractivity contribution in [2.75, 3.05) is 19.6 Å². The summed E-state index contributed by atoms with van der Waals surface area (Å²) in [5, 5.41) is 23.8. The van der Waals surface area contributed by atoms with Gasteiger partial charge in [-0.1, -0.05) is 0 Å². The van der Waals surface area contributed by atoms with Crippen LogP contribution in [0.4, 0.5) is 0 Å². The second-order valence-corrected chi connectivity index (χ2v) is 5.44. The van der Waals surface area contributed by atoms with Gasteiger partial charge in [-0.05, 0) is 25.8 Å². The van der Waals surface area contributed by atoms with Gasteiger partial charge in [0, 0.05) is 0 Å². The number of hydrogen-bond donors (Lipinski definition) is 7. The van der Waals surface area contributed by atoms with Crippen molar-refractivity contribution in [3.05, 3.63) is 0 Å². The highest BCUT2D eigenvalue weighted by molar-refractivity contribution is 5.93. The second-order valence-electron chi connectivity index (χ2n) is 5.44. The predicted octanol–water partition coefficient (Wildman–Crippen LogP) is -3.28. The summed E-state index contributed by atoms with van der Waals surface area (Å²) in [6.45, 7) is -0.676. The van der Waals surface area contributed by atoms with Crippen LogP contribution in [0.25, 0.3) is 0 Å². The van der Waals surface area contributed by atoms with Crippen molar-refractivity contribution in [1.82, 2.24) is 16.0 Å². The van der Waals surface area contributed by atoms with Crippen LogP contribution in [-0.4, -0.2) is 71.6 Å². The van der Waals surface area contributed by atoms with Crippen molar-refractivity contribution >= 4 is 29.7 Å². The molecule has 3 amide bonds. The standard InChI is InChI=1S/C14H25N5O7/c15-4-2-1-3-9(19-13(25)8(16)5-11(21)22)14(26)18-6-10(20)17-7-12(23)24/h8-9H,1-7,15-16H2,(H,17,20)(H,18,26)(H,19,25)(H,21,22)(H,23,24). The molecule has 0 saturated heterocycles. The van der Waals surface area contributed by atoms with E-state index in [9.17, 15) is 24.0 Å². The Hall–Kier alpha value is -2.73. The maximum atomic E-state index is 12.1. The third-order valence-corrected chi connectivity index (χ3v) is 3.17. The van der Waals surface area contributed by atoms with Crippen LogP contribution >= 0.6 is 0 Å². The molecule has 0 aromatic heterocycles. The number of carbonyl (C=O) groups excluding carboxylic acids is 3. The van der Waals surface area contributed by atoms with Gasteiger partial charge in [-0.2, -0.15) is 0 Å². The fraction of sp³-hybridized carbons (Fsp3) is 0.643. The van der Waals surface area contributed by atoms with E-state index in [1.807, 2.05) is 0 Å². The molecule has 9 N–H and O–H groups in total. The molecule has 0 aromatic rings. The third-order valence-electron chi connectivity index (χ3n) is 3.17. The van der Waals surface area contributed by atoms with Crippen LogP contribution in [0.3, 0.4) is 0 Å². The molecule has 0 aliphatic heterocycles. The van der Waals surface area contributed by atoms with Gasteiger partial charge in [-0.3, -0.25) is 24.0 Å². The number of aliphatic carboxylic acids is 2. The van der Waals surface area contributed by atoms with Gasteiger partial charge in [0.25, 0.3) is 0 Å². The maximum absolute atomic E-state index is 12.1. The molecule has 0 saturated carbocycles. The summed E-state index contributed by atoms with van der Waals surface area (Å²) < 4.78 is 0. The summed E-state index contributed by atoms with van der Waals surface area (Å²) in [5.74, 6) is -4.69. The number of amides is 3. The van der Waals surface area contributed by atoms with E-state index in [0.29, 0.717) is 19.4 Å². The molecule has 12 nitrogen and oxygen atoms in total. The van der Waals surface area contributed by atoms with E-state index in [0.717, 1.165) is 0 Å². The van der Waals surface area contributed by atoms with Crippen molar-refractivity contribution in [1.29, 1.82) is 0 Å². The zero-order chi connectivity index (χ0) is 20.1. The minimum absolute atomic E-state index is 0.214. The molecule has 148 valence electrons. The number of hydrogen-bond acceptors (Lipinski definition) is 7. The van der Waals surface area contributed by atoms with Crippen LogP contribution in [0.2, 0.25) is 0 Å². The minimum Gasteiger partial charge on any atom is -0.481 e. The third kappa shape index (κ3) is 10.9. The molecule has 2 atom stereocenters. The van der Waals surface area contributed by atoms with Crippen LogP contribution in [0.1, 0.15) is 25.7 Å². The van der Waals surface area contributed by atoms with E-state index in [4.69, 9.17) is 21.7 Å². The van der Waals surface area contributed by atoms with Crippen molar-refractivity contribution in [2.24, 2.45) is 11.5 Å². The van der Waals surface area contributed by atoms with Gasteiger partial charge in [0.05, 0.1) is 19.0 Å². The fourth-order valence-corrected chi connectivity index (χ4v) is 1.85. The molecular weight excluding hydrogens is 350 g/mol. The molecule has 0 spiro atoms. The summed E-state index contributed by atoms with van der Waals surface area (Å²) in [6.07, 6.45) is 0.722.